The van der Waals surface area contributed by atoms with Crippen LogP contribution in [0.1, 0.15) is 5.56 Å². The first-order chi connectivity index (χ1) is 6.68. The Labute approximate surface area is 89.7 Å². The van der Waals surface area contributed by atoms with Crippen LogP contribution in [-0.4, -0.2) is 36.3 Å². The first-order valence-corrected chi connectivity index (χ1v) is 5.77. The lowest BCUT2D eigenvalue weighted by molar-refractivity contribution is 0.437. The molecule has 3 nitrogen and oxygen atoms in total. The standard InChI is InChI=1S/C10H17N3S/c1-13(2)5-6-14-8-9-3-4-12-10(11)7-9/h3-4,7H,5-6,8H2,1-2H3,(H2,11,12). The van der Waals surface area contributed by atoms with Crippen LogP contribution < -0.4 is 5.73 Å². The lowest BCUT2D eigenvalue weighted by atomic mass is 10.3. The van der Waals surface area contributed by atoms with Crippen LogP contribution in [-0.2, 0) is 5.75 Å². The van der Waals surface area contributed by atoms with E-state index in [9.17, 15) is 0 Å². The van der Waals surface area contributed by atoms with Crippen LogP contribution in [0.5, 0.6) is 0 Å². The topological polar surface area (TPSA) is 42.2 Å². The van der Waals surface area contributed by atoms with E-state index in [-0.39, 0.29) is 0 Å². The van der Waals surface area contributed by atoms with Gasteiger partial charge < -0.3 is 10.6 Å². The molecule has 0 unspecified atom stereocenters. The molecule has 0 aliphatic carbocycles. The minimum atomic E-state index is 0.607. The first kappa shape index (κ1) is 11.3. The van der Waals surface area contributed by atoms with E-state index in [1.165, 1.54) is 5.56 Å². The van der Waals surface area contributed by atoms with E-state index in [0.29, 0.717) is 5.82 Å². The predicted octanol–water partition coefficient (Wildman–Crippen LogP) is 1.46. The van der Waals surface area contributed by atoms with Crippen LogP contribution in [0, 0.1) is 0 Å². The largest absolute Gasteiger partial charge is 0.384 e. The van der Waals surface area contributed by atoms with Gasteiger partial charge in [-0.2, -0.15) is 11.8 Å². The van der Waals surface area contributed by atoms with E-state index in [4.69, 9.17) is 5.73 Å². The van der Waals surface area contributed by atoms with Gasteiger partial charge in [-0.15, -0.1) is 0 Å². The van der Waals surface area contributed by atoms with Gasteiger partial charge in [0.2, 0.25) is 0 Å². The van der Waals surface area contributed by atoms with Crippen molar-refractivity contribution in [2.75, 3.05) is 32.1 Å². The third-order valence-corrected chi connectivity index (χ3v) is 2.81. The molecule has 0 atom stereocenters. The molecular formula is C10H17N3S. The summed E-state index contributed by atoms with van der Waals surface area (Å²) in [7, 11) is 4.18. The van der Waals surface area contributed by atoms with E-state index < -0.39 is 0 Å². The number of aromatic nitrogens is 1. The number of anilines is 1. The predicted molar refractivity (Wildman–Crippen MR) is 63.4 cm³/mol. The number of nitrogens with zero attached hydrogens (tertiary/aromatic N) is 2. The molecule has 2 N–H and O–H groups in total. The van der Waals surface area contributed by atoms with Crippen molar-refractivity contribution in [1.29, 1.82) is 0 Å². The highest BCUT2D eigenvalue weighted by Gasteiger charge is 1.95. The smallest absolute Gasteiger partial charge is 0.123 e. The zero-order chi connectivity index (χ0) is 10.4. The van der Waals surface area contributed by atoms with Gasteiger partial charge in [0.25, 0.3) is 0 Å². The van der Waals surface area contributed by atoms with Crippen molar-refractivity contribution >= 4 is 17.6 Å². The molecule has 0 aliphatic heterocycles. The number of nitrogens with two attached hydrogens (primary N) is 1. The highest BCUT2D eigenvalue weighted by atomic mass is 32.2. The molecule has 14 heavy (non-hydrogen) atoms. The molecule has 0 fully saturated rings. The maximum absolute atomic E-state index is 5.58. The molecule has 0 amide bonds. The number of hydrogen-bond donors (Lipinski definition) is 1. The molecule has 0 saturated carbocycles. The van der Waals surface area contributed by atoms with Crippen LogP contribution in [0.2, 0.25) is 0 Å². The molecule has 1 rings (SSSR count). The number of rotatable bonds is 5. The molecule has 0 aromatic carbocycles. The summed E-state index contributed by atoms with van der Waals surface area (Å²) in [6.07, 6.45) is 1.76. The SMILES string of the molecule is CN(C)CCSCc1ccnc(N)c1. The van der Waals surface area contributed by atoms with E-state index in [2.05, 4.69) is 24.0 Å². The molecule has 0 saturated heterocycles. The van der Waals surface area contributed by atoms with Crippen LogP contribution in [0.15, 0.2) is 18.3 Å². The van der Waals surface area contributed by atoms with Crippen molar-refractivity contribution in [3.05, 3.63) is 23.9 Å². The molecule has 1 aromatic heterocycles. The highest BCUT2D eigenvalue weighted by molar-refractivity contribution is 7.98. The number of nitrogen functional groups attached to an aromatic ring is 1. The zero-order valence-corrected chi connectivity index (χ0v) is 9.55. The average molecular weight is 211 g/mol. The van der Waals surface area contributed by atoms with Gasteiger partial charge in [-0.05, 0) is 31.8 Å². The summed E-state index contributed by atoms with van der Waals surface area (Å²) in [6, 6.07) is 3.95. The van der Waals surface area contributed by atoms with Gasteiger partial charge >= 0.3 is 0 Å². The number of pyridine rings is 1. The summed E-state index contributed by atoms with van der Waals surface area (Å²) in [6.45, 7) is 1.12. The summed E-state index contributed by atoms with van der Waals surface area (Å²) >= 11 is 1.92. The van der Waals surface area contributed by atoms with Crippen LogP contribution >= 0.6 is 11.8 Å². The van der Waals surface area contributed by atoms with Gasteiger partial charge in [0.15, 0.2) is 0 Å². The van der Waals surface area contributed by atoms with E-state index >= 15 is 0 Å². The normalized spacial score (nSPS) is 10.8. The number of hydrogen-bond acceptors (Lipinski definition) is 4. The van der Waals surface area contributed by atoms with Crippen molar-refractivity contribution in [2.24, 2.45) is 0 Å². The van der Waals surface area contributed by atoms with Crippen molar-refractivity contribution in [1.82, 2.24) is 9.88 Å². The van der Waals surface area contributed by atoms with E-state index in [1.807, 2.05) is 23.9 Å². The molecule has 4 heteroatoms. The molecule has 0 bridgehead atoms. The average Bonchev–Trinajstić information content (AvgIpc) is 2.12. The molecular weight excluding hydrogens is 194 g/mol. The zero-order valence-electron chi connectivity index (χ0n) is 8.73. The minimum Gasteiger partial charge on any atom is -0.384 e. The molecule has 0 spiro atoms. The van der Waals surface area contributed by atoms with E-state index in [0.717, 1.165) is 18.1 Å². The third kappa shape index (κ3) is 4.48. The van der Waals surface area contributed by atoms with Gasteiger partial charge in [0, 0.05) is 24.2 Å². The van der Waals surface area contributed by atoms with Crippen LogP contribution in [0.4, 0.5) is 5.82 Å². The van der Waals surface area contributed by atoms with Crippen molar-refractivity contribution in [3.63, 3.8) is 0 Å². The maximum atomic E-state index is 5.58. The Morgan fingerprint density at radius 1 is 1.50 bits per heavy atom. The van der Waals surface area contributed by atoms with Crippen LogP contribution in [0.3, 0.4) is 0 Å². The monoisotopic (exact) mass is 211 g/mol. The maximum Gasteiger partial charge on any atom is 0.123 e. The molecule has 1 heterocycles. The van der Waals surface area contributed by atoms with E-state index in [1.54, 1.807) is 6.20 Å². The van der Waals surface area contributed by atoms with Crippen molar-refractivity contribution in [3.8, 4) is 0 Å². The van der Waals surface area contributed by atoms with Gasteiger partial charge in [-0.25, -0.2) is 4.98 Å². The highest BCUT2D eigenvalue weighted by Crippen LogP contribution is 2.12. The fourth-order valence-electron chi connectivity index (χ4n) is 1.02. The third-order valence-electron chi connectivity index (χ3n) is 1.80. The summed E-state index contributed by atoms with van der Waals surface area (Å²) < 4.78 is 0. The Bertz CT molecular complexity index is 276. The summed E-state index contributed by atoms with van der Waals surface area (Å²) in [5, 5.41) is 0. The fraction of sp³-hybridized carbons (Fsp3) is 0.500. The Balaban J connectivity index is 2.25. The Morgan fingerprint density at radius 3 is 2.93 bits per heavy atom. The summed E-state index contributed by atoms with van der Waals surface area (Å²) in [4.78, 5) is 6.14. The van der Waals surface area contributed by atoms with Gasteiger partial charge in [0.05, 0.1) is 0 Å². The second kappa shape index (κ2) is 5.88. The second-order valence-corrected chi connectivity index (χ2v) is 4.55. The first-order valence-electron chi connectivity index (χ1n) is 4.61. The second-order valence-electron chi connectivity index (χ2n) is 3.44. The van der Waals surface area contributed by atoms with Crippen LogP contribution in [0.25, 0.3) is 0 Å². The Hall–Kier alpha value is -0.740. The van der Waals surface area contributed by atoms with Gasteiger partial charge in [-0.3, -0.25) is 0 Å². The summed E-state index contributed by atoms with van der Waals surface area (Å²) in [5.74, 6) is 2.77. The lowest BCUT2D eigenvalue weighted by Gasteiger charge is -2.08. The number of thioether (sulfide) groups is 1. The quantitative estimate of drug-likeness (QED) is 0.749. The molecule has 0 radical (unpaired) electrons. The minimum absolute atomic E-state index is 0.607. The Kier molecular flexibility index (Phi) is 4.76. The molecule has 1 aromatic rings. The lowest BCUT2D eigenvalue weighted by Crippen LogP contribution is -2.14. The van der Waals surface area contributed by atoms with Crippen molar-refractivity contribution in [2.45, 2.75) is 5.75 Å². The van der Waals surface area contributed by atoms with Crippen molar-refractivity contribution < 1.29 is 0 Å². The molecule has 78 valence electrons. The van der Waals surface area contributed by atoms with Gasteiger partial charge in [-0.1, -0.05) is 0 Å². The fourth-order valence-corrected chi connectivity index (χ4v) is 2.08. The summed E-state index contributed by atoms with van der Waals surface area (Å²) in [5.41, 5.74) is 6.83. The van der Waals surface area contributed by atoms with Gasteiger partial charge in [0.1, 0.15) is 5.82 Å². The molecule has 0 aliphatic rings. The Morgan fingerprint density at radius 2 is 2.29 bits per heavy atom.